The Morgan fingerprint density at radius 2 is 2.15 bits per heavy atom. The smallest absolute Gasteiger partial charge is 0.338 e. The molecule has 110 valence electrons. The number of benzene rings is 1. The number of ether oxygens (including phenoxy) is 1. The van der Waals surface area contributed by atoms with Crippen molar-refractivity contribution < 1.29 is 14.3 Å². The monoisotopic (exact) mass is 296 g/mol. The topological polar surface area (TPSA) is 81.4 Å². The van der Waals surface area contributed by atoms with Gasteiger partial charge in [-0.05, 0) is 49.1 Å². The van der Waals surface area contributed by atoms with Gasteiger partial charge in [-0.25, -0.2) is 4.79 Å². The number of aryl methyl sites for hydroxylation is 1. The van der Waals surface area contributed by atoms with Crippen molar-refractivity contribution in [1.29, 1.82) is 0 Å². The number of carbonyl (C=O) groups is 2. The summed E-state index contributed by atoms with van der Waals surface area (Å²) in [5.74, 6) is 0.232. The van der Waals surface area contributed by atoms with Crippen LogP contribution in [0, 0.1) is 6.92 Å². The lowest BCUT2D eigenvalue weighted by atomic mass is 10.1. The van der Waals surface area contributed by atoms with Crippen LogP contribution in [0.25, 0.3) is 0 Å². The molecule has 3 N–H and O–H groups in total. The molecule has 0 bridgehead atoms. The van der Waals surface area contributed by atoms with Gasteiger partial charge in [0, 0.05) is 5.69 Å². The molecule has 6 heteroatoms. The maximum atomic E-state index is 11.9. The molecule has 0 fully saturated rings. The highest BCUT2D eigenvalue weighted by atomic mass is 32.2. The van der Waals surface area contributed by atoms with Crippen molar-refractivity contribution in [3.63, 3.8) is 0 Å². The molecule has 0 aliphatic heterocycles. The Kier molecular flexibility index (Phi) is 6.54. The summed E-state index contributed by atoms with van der Waals surface area (Å²) < 4.78 is 4.67. The molecule has 1 atom stereocenters. The first-order valence-corrected chi connectivity index (χ1v) is 7.63. The summed E-state index contributed by atoms with van der Waals surface area (Å²) >= 11 is 1.65. The second kappa shape index (κ2) is 7.91. The number of nitrogens with one attached hydrogen (secondary N) is 1. The zero-order valence-corrected chi connectivity index (χ0v) is 12.8. The quantitative estimate of drug-likeness (QED) is 0.782. The van der Waals surface area contributed by atoms with Gasteiger partial charge in [0.25, 0.3) is 0 Å². The Hall–Kier alpha value is -1.53. The third-order valence-electron chi connectivity index (χ3n) is 2.87. The molecule has 0 aliphatic rings. The van der Waals surface area contributed by atoms with E-state index in [1.54, 1.807) is 36.9 Å². The van der Waals surface area contributed by atoms with Crippen molar-refractivity contribution in [2.45, 2.75) is 19.4 Å². The molecule has 0 saturated carbocycles. The van der Waals surface area contributed by atoms with E-state index in [0.29, 0.717) is 17.7 Å². The number of carbonyl (C=O) groups excluding carboxylic acids is 2. The van der Waals surface area contributed by atoms with Crippen LogP contribution in [0.15, 0.2) is 18.2 Å². The molecule has 0 spiro atoms. The second-order valence-electron chi connectivity index (χ2n) is 4.40. The first-order valence-electron chi connectivity index (χ1n) is 6.24. The predicted octanol–water partition coefficient (Wildman–Crippen LogP) is 1.80. The molecule has 1 aromatic carbocycles. The maximum Gasteiger partial charge on any atom is 0.338 e. The van der Waals surface area contributed by atoms with Crippen LogP contribution < -0.4 is 11.1 Å². The highest BCUT2D eigenvalue weighted by Crippen LogP contribution is 2.16. The van der Waals surface area contributed by atoms with Crippen LogP contribution in [0.1, 0.15) is 22.3 Å². The summed E-state index contributed by atoms with van der Waals surface area (Å²) in [6.45, 7) is 1.79. The van der Waals surface area contributed by atoms with Crippen molar-refractivity contribution in [3.05, 3.63) is 29.3 Å². The lowest BCUT2D eigenvalue weighted by Gasteiger charge is -2.13. The number of methoxy groups -OCH3 is 1. The average molecular weight is 296 g/mol. The zero-order chi connectivity index (χ0) is 15.1. The normalized spacial score (nSPS) is 11.8. The van der Waals surface area contributed by atoms with Gasteiger partial charge in [-0.3, -0.25) is 4.79 Å². The van der Waals surface area contributed by atoms with Crippen LogP contribution in [0.2, 0.25) is 0 Å². The number of thioether (sulfide) groups is 1. The lowest BCUT2D eigenvalue weighted by molar-refractivity contribution is -0.117. The summed E-state index contributed by atoms with van der Waals surface area (Å²) in [6.07, 6.45) is 2.60. The molecule has 1 amide bonds. The first kappa shape index (κ1) is 16.5. The molecule has 0 heterocycles. The third kappa shape index (κ3) is 4.54. The maximum absolute atomic E-state index is 11.9. The van der Waals surface area contributed by atoms with E-state index in [4.69, 9.17) is 5.73 Å². The SMILES string of the molecule is COC(=O)c1ccc(NC(=O)[C@@H](N)CCSC)cc1C. The minimum absolute atomic E-state index is 0.218. The molecule has 1 rings (SSSR count). The predicted molar refractivity (Wildman–Crippen MR) is 82.1 cm³/mol. The van der Waals surface area contributed by atoms with E-state index in [1.165, 1.54) is 7.11 Å². The molecule has 0 unspecified atom stereocenters. The summed E-state index contributed by atoms with van der Waals surface area (Å²) in [7, 11) is 1.34. The van der Waals surface area contributed by atoms with Gasteiger partial charge in [0.2, 0.25) is 5.91 Å². The van der Waals surface area contributed by atoms with E-state index in [-0.39, 0.29) is 5.91 Å². The fourth-order valence-corrected chi connectivity index (χ4v) is 2.18. The van der Waals surface area contributed by atoms with Gasteiger partial charge in [0.05, 0.1) is 18.7 Å². The van der Waals surface area contributed by atoms with E-state index in [2.05, 4.69) is 10.1 Å². The number of hydrogen-bond donors (Lipinski definition) is 2. The highest BCUT2D eigenvalue weighted by Gasteiger charge is 2.14. The molecular weight excluding hydrogens is 276 g/mol. The van der Waals surface area contributed by atoms with Crippen molar-refractivity contribution >= 4 is 29.3 Å². The Bertz CT molecular complexity index is 491. The fraction of sp³-hybridized carbons (Fsp3) is 0.429. The molecule has 0 saturated heterocycles. The van der Waals surface area contributed by atoms with E-state index in [0.717, 1.165) is 11.3 Å². The molecular formula is C14H20N2O3S. The lowest BCUT2D eigenvalue weighted by Crippen LogP contribution is -2.36. The van der Waals surface area contributed by atoms with Crippen molar-refractivity contribution in [2.75, 3.05) is 24.4 Å². The Labute approximate surface area is 123 Å². The van der Waals surface area contributed by atoms with E-state index >= 15 is 0 Å². The number of esters is 1. The van der Waals surface area contributed by atoms with Gasteiger partial charge in [-0.15, -0.1) is 0 Å². The van der Waals surface area contributed by atoms with Gasteiger partial charge in [-0.1, -0.05) is 0 Å². The number of amides is 1. The average Bonchev–Trinajstić information content (AvgIpc) is 2.44. The molecule has 1 aromatic rings. The fourth-order valence-electron chi connectivity index (χ4n) is 1.69. The highest BCUT2D eigenvalue weighted by molar-refractivity contribution is 7.98. The molecule has 0 aliphatic carbocycles. The Morgan fingerprint density at radius 3 is 2.70 bits per heavy atom. The summed E-state index contributed by atoms with van der Waals surface area (Å²) in [5.41, 5.74) is 7.64. The number of rotatable bonds is 6. The van der Waals surface area contributed by atoms with Gasteiger partial charge in [0.1, 0.15) is 0 Å². The number of hydrogen-bond acceptors (Lipinski definition) is 5. The first-order chi connectivity index (χ1) is 9.49. The Morgan fingerprint density at radius 1 is 1.45 bits per heavy atom. The summed E-state index contributed by atoms with van der Waals surface area (Å²) in [5, 5.41) is 2.75. The number of nitrogens with two attached hydrogens (primary N) is 1. The van der Waals surface area contributed by atoms with E-state index in [9.17, 15) is 9.59 Å². The van der Waals surface area contributed by atoms with Crippen molar-refractivity contribution in [1.82, 2.24) is 0 Å². The van der Waals surface area contributed by atoms with Crippen LogP contribution >= 0.6 is 11.8 Å². The van der Waals surface area contributed by atoms with Crippen molar-refractivity contribution in [3.8, 4) is 0 Å². The van der Waals surface area contributed by atoms with Gasteiger partial charge < -0.3 is 15.8 Å². The molecule has 0 aromatic heterocycles. The molecule has 0 radical (unpaired) electrons. The third-order valence-corrected chi connectivity index (χ3v) is 3.51. The second-order valence-corrected chi connectivity index (χ2v) is 5.38. The zero-order valence-electron chi connectivity index (χ0n) is 11.9. The molecule has 20 heavy (non-hydrogen) atoms. The van der Waals surface area contributed by atoms with Crippen LogP contribution in [-0.2, 0) is 9.53 Å². The van der Waals surface area contributed by atoms with Gasteiger partial charge in [0.15, 0.2) is 0 Å². The standard InChI is InChI=1S/C14H20N2O3S/c1-9-8-10(4-5-11(9)14(18)19-2)16-13(17)12(15)6-7-20-3/h4-5,8,12H,6-7,15H2,1-3H3,(H,16,17)/t12-/m0/s1. The van der Waals surface area contributed by atoms with Crippen LogP contribution in [0.4, 0.5) is 5.69 Å². The van der Waals surface area contributed by atoms with Crippen LogP contribution in [0.3, 0.4) is 0 Å². The summed E-state index contributed by atoms with van der Waals surface area (Å²) in [4.78, 5) is 23.3. The minimum atomic E-state index is -0.525. The van der Waals surface area contributed by atoms with Crippen LogP contribution in [0.5, 0.6) is 0 Å². The van der Waals surface area contributed by atoms with Gasteiger partial charge in [-0.2, -0.15) is 11.8 Å². The van der Waals surface area contributed by atoms with E-state index < -0.39 is 12.0 Å². The Balaban J connectivity index is 2.72. The largest absolute Gasteiger partial charge is 0.465 e. The summed E-state index contributed by atoms with van der Waals surface area (Å²) in [6, 6.07) is 4.50. The molecule has 5 nitrogen and oxygen atoms in total. The van der Waals surface area contributed by atoms with Crippen LogP contribution in [-0.4, -0.2) is 37.0 Å². The van der Waals surface area contributed by atoms with Gasteiger partial charge >= 0.3 is 5.97 Å². The minimum Gasteiger partial charge on any atom is -0.465 e. The van der Waals surface area contributed by atoms with Crippen molar-refractivity contribution in [2.24, 2.45) is 5.73 Å². The number of anilines is 1. The van der Waals surface area contributed by atoms with E-state index in [1.807, 2.05) is 6.26 Å².